The molecule has 0 aliphatic rings. The van der Waals surface area contributed by atoms with E-state index in [-0.39, 0.29) is 0 Å². The minimum Gasteiger partial charge on any atom is -0.242 e. The van der Waals surface area contributed by atoms with Gasteiger partial charge in [-0.05, 0) is 69.8 Å². The number of hydrogen-bond acceptors (Lipinski definition) is 6. The van der Waals surface area contributed by atoms with Crippen LogP contribution in [0.15, 0.2) is 146 Å². The second-order valence-electron chi connectivity index (χ2n) is 12.0. The van der Waals surface area contributed by atoms with Crippen LogP contribution in [-0.4, -0.2) is 29.9 Å². The molecule has 0 unspecified atom stereocenters. The Morgan fingerprint density at radius 3 is 0.729 bits per heavy atom. The Bertz CT molecular complexity index is 2530. The maximum Gasteiger partial charge on any atom is 0.120 e. The molecule has 7 aromatic carbocycles. The first-order valence-electron chi connectivity index (χ1n) is 15.9. The van der Waals surface area contributed by atoms with Crippen molar-refractivity contribution in [2.24, 2.45) is 0 Å². The van der Waals surface area contributed by atoms with Crippen molar-refractivity contribution in [3.8, 4) is 33.4 Å². The van der Waals surface area contributed by atoms with Gasteiger partial charge in [-0.1, -0.05) is 109 Å². The predicted molar refractivity (Wildman–Crippen MR) is 195 cm³/mol. The smallest absolute Gasteiger partial charge is 0.120 e. The molecule has 0 radical (unpaired) electrons. The first-order valence-corrected chi connectivity index (χ1v) is 15.9. The quantitative estimate of drug-likeness (QED) is 0.146. The summed E-state index contributed by atoms with van der Waals surface area (Å²) in [5.74, 6) is 0. The second kappa shape index (κ2) is 10.4. The lowest BCUT2D eigenvalue weighted by Crippen LogP contribution is -1.99. The van der Waals surface area contributed by atoms with Gasteiger partial charge in [0.1, 0.15) is 33.1 Å². The maximum absolute atomic E-state index is 5.23. The Labute approximate surface area is 274 Å². The van der Waals surface area contributed by atoms with Crippen LogP contribution in [0.3, 0.4) is 0 Å². The minimum absolute atomic E-state index is 0.657. The Morgan fingerprint density at radius 1 is 0.208 bits per heavy atom. The van der Waals surface area contributed by atoms with Crippen molar-refractivity contribution >= 4 is 66.2 Å². The second-order valence-corrected chi connectivity index (χ2v) is 12.0. The predicted octanol–water partition coefficient (Wildman–Crippen LogP) is 9.98. The van der Waals surface area contributed by atoms with Crippen LogP contribution in [0.1, 0.15) is 0 Å². The number of aromatic nitrogens is 6. The summed E-state index contributed by atoms with van der Waals surface area (Å²) in [6.07, 6.45) is 0. The SMILES string of the molecule is c1ccc(-c2ccc3nc4c5nc6cc(-c7ccccc7)ccc6nc5c5nc6cc(-c7ccccc7)ccc6nc5c4nc3c2)cc1. The van der Waals surface area contributed by atoms with Crippen LogP contribution in [0, 0.1) is 0 Å². The highest BCUT2D eigenvalue weighted by Crippen LogP contribution is 2.35. The van der Waals surface area contributed by atoms with E-state index in [0.717, 1.165) is 66.5 Å². The highest BCUT2D eigenvalue weighted by Gasteiger charge is 2.19. The van der Waals surface area contributed by atoms with E-state index >= 15 is 0 Å². The zero-order chi connectivity index (χ0) is 31.6. The van der Waals surface area contributed by atoms with E-state index in [4.69, 9.17) is 29.9 Å². The Kier molecular flexibility index (Phi) is 5.77. The van der Waals surface area contributed by atoms with Crippen molar-refractivity contribution in [3.05, 3.63) is 146 Å². The molecule has 6 nitrogen and oxygen atoms in total. The largest absolute Gasteiger partial charge is 0.242 e. The first kappa shape index (κ1) is 26.5. The molecule has 10 rings (SSSR count). The molecule has 3 aromatic heterocycles. The molecule has 0 atom stereocenters. The molecule has 0 bridgehead atoms. The maximum atomic E-state index is 5.23. The molecule has 0 spiro atoms. The third-order valence-electron chi connectivity index (χ3n) is 8.99. The topological polar surface area (TPSA) is 77.3 Å². The summed E-state index contributed by atoms with van der Waals surface area (Å²) in [4.78, 5) is 31.2. The van der Waals surface area contributed by atoms with Crippen molar-refractivity contribution < 1.29 is 0 Å². The van der Waals surface area contributed by atoms with Gasteiger partial charge in [-0.15, -0.1) is 0 Å². The molecule has 0 saturated heterocycles. The average Bonchev–Trinajstić information content (AvgIpc) is 3.16. The Hall–Kier alpha value is -6.66. The van der Waals surface area contributed by atoms with Crippen LogP contribution < -0.4 is 0 Å². The molecule has 0 amide bonds. The molecule has 48 heavy (non-hydrogen) atoms. The van der Waals surface area contributed by atoms with Gasteiger partial charge in [0, 0.05) is 0 Å². The van der Waals surface area contributed by atoms with E-state index in [1.165, 1.54) is 0 Å². The Morgan fingerprint density at radius 2 is 0.458 bits per heavy atom. The van der Waals surface area contributed by atoms with Crippen LogP contribution in [0.4, 0.5) is 0 Å². The van der Waals surface area contributed by atoms with E-state index in [1.807, 2.05) is 72.8 Å². The van der Waals surface area contributed by atoms with Gasteiger partial charge in [0.05, 0.1) is 33.1 Å². The lowest BCUT2D eigenvalue weighted by atomic mass is 10.0. The molecular formula is C42H24N6. The summed E-state index contributed by atoms with van der Waals surface area (Å²) in [5, 5.41) is 0. The zero-order valence-corrected chi connectivity index (χ0v) is 25.5. The van der Waals surface area contributed by atoms with Crippen molar-refractivity contribution in [1.29, 1.82) is 0 Å². The number of fused-ring (bicyclic) bond motifs is 9. The van der Waals surface area contributed by atoms with E-state index in [9.17, 15) is 0 Å². The molecule has 0 aliphatic heterocycles. The zero-order valence-electron chi connectivity index (χ0n) is 25.5. The Balaban J connectivity index is 1.29. The minimum atomic E-state index is 0.657. The van der Waals surface area contributed by atoms with E-state index < -0.39 is 0 Å². The molecule has 0 aliphatic carbocycles. The third-order valence-corrected chi connectivity index (χ3v) is 8.99. The van der Waals surface area contributed by atoms with Crippen molar-refractivity contribution in [2.75, 3.05) is 0 Å². The van der Waals surface area contributed by atoms with Gasteiger partial charge in [-0.25, -0.2) is 29.9 Å². The van der Waals surface area contributed by atoms with Gasteiger partial charge >= 0.3 is 0 Å². The fourth-order valence-electron chi connectivity index (χ4n) is 6.58. The van der Waals surface area contributed by atoms with E-state index in [0.29, 0.717) is 33.1 Å². The summed E-state index contributed by atoms with van der Waals surface area (Å²) < 4.78 is 0. The van der Waals surface area contributed by atoms with E-state index in [1.54, 1.807) is 0 Å². The normalized spacial score (nSPS) is 11.8. The van der Waals surface area contributed by atoms with Crippen LogP contribution in [0.5, 0.6) is 0 Å². The number of rotatable bonds is 3. The summed E-state index contributed by atoms with van der Waals surface area (Å²) in [7, 11) is 0. The number of nitrogens with zero attached hydrogens (tertiary/aromatic N) is 6. The van der Waals surface area contributed by atoms with E-state index in [2.05, 4.69) is 72.8 Å². The molecule has 10 aromatic rings. The van der Waals surface area contributed by atoms with Gasteiger partial charge in [0.15, 0.2) is 0 Å². The third kappa shape index (κ3) is 4.27. The van der Waals surface area contributed by atoms with Crippen molar-refractivity contribution in [2.45, 2.75) is 0 Å². The molecule has 0 fully saturated rings. The summed E-state index contributed by atoms with van der Waals surface area (Å²) >= 11 is 0. The molecular weight excluding hydrogens is 589 g/mol. The highest BCUT2D eigenvalue weighted by molar-refractivity contribution is 6.21. The number of hydrogen-bond donors (Lipinski definition) is 0. The first-order chi connectivity index (χ1) is 23.7. The lowest BCUT2D eigenvalue weighted by Gasteiger charge is -2.12. The summed E-state index contributed by atoms with van der Waals surface area (Å²) in [6.45, 7) is 0. The van der Waals surface area contributed by atoms with Gasteiger partial charge in [-0.3, -0.25) is 0 Å². The van der Waals surface area contributed by atoms with Gasteiger partial charge in [0.25, 0.3) is 0 Å². The van der Waals surface area contributed by atoms with Crippen LogP contribution >= 0.6 is 0 Å². The fraction of sp³-hybridized carbons (Fsp3) is 0. The highest BCUT2D eigenvalue weighted by atomic mass is 14.9. The lowest BCUT2D eigenvalue weighted by molar-refractivity contribution is 1.34. The monoisotopic (exact) mass is 612 g/mol. The van der Waals surface area contributed by atoms with Gasteiger partial charge in [-0.2, -0.15) is 0 Å². The van der Waals surface area contributed by atoms with Gasteiger partial charge < -0.3 is 0 Å². The van der Waals surface area contributed by atoms with Crippen LogP contribution in [-0.2, 0) is 0 Å². The molecule has 222 valence electrons. The van der Waals surface area contributed by atoms with Crippen molar-refractivity contribution in [1.82, 2.24) is 29.9 Å². The average molecular weight is 613 g/mol. The fourth-order valence-corrected chi connectivity index (χ4v) is 6.58. The van der Waals surface area contributed by atoms with Crippen LogP contribution in [0.25, 0.3) is 99.6 Å². The molecule has 0 saturated carbocycles. The summed E-state index contributed by atoms with van der Waals surface area (Å²) in [6, 6.07) is 49.6. The summed E-state index contributed by atoms with van der Waals surface area (Å²) in [5.41, 5.74) is 15.2. The molecule has 6 heteroatoms. The van der Waals surface area contributed by atoms with Crippen molar-refractivity contribution in [3.63, 3.8) is 0 Å². The van der Waals surface area contributed by atoms with Crippen LogP contribution in [0.2, 0.25) is 0 Å². The molecule has 3 heterocycles. The molecule has 0 N–H and O–H groups in total. The van der Waals surface area contributed by atoms with Gasteiger partial charge in [0.2, 0.25) is 0 Å². The number of benzene rings is 7. The standard InChI is InChI=1S/C42H24N6/c1-4-10-25(11-5-1)28-16-19-31-34(22-28)46-40-37(43-31)41-39(45-33-21-18-30(24-36(33)47-41)27-14-8-3-9-15-27)42-38(40)44-32-20-17-29(23-35(32)48-42)26-12-6-2-7-13-26/h1-24H.